The van der Waals surface area contributed by atoms with E-state index in [2.05, 4.69) is 10.6 Å². The predicted octanol–water partition coefficient (Wildman–Crippen LogP) is -0.992. The van der Waals surface area contributed by atoms with E-state index in [4.69, 9.17) is 5.11 Å². The Balaban J connectivity index is 3.89. The third-order valence-electron chi connectivity index (χ3n) is 1.48. The molecule has 76 valence electrons. The summed E-state index contributed by atoms with van der Waals surface area (Å²) in [5.41, 5.74) is 0. The molecular weight excluding hydrogens is 172 g/mol. The first kappa shape index (κ1) is 11.9. The van der Waals surface area contributed by atoms with Crippen LogP contribution in [-0.4, -0.2) is 35.6 Å². The van der Waals surface area contributed by atoms with Crippen molar-refractivity contribution in [1.82, 2.24) is 10.6 Å². The molecule has 2 amide bonds. The van der Waals surface area contributed by atoms with E-state index in [0.717, 1.165) is 0 Å². The van der Waals surface area contributed by atoms with Gasteiger partial charge in [-0.1, -0.05) is 0 Å². The van der Waals surface area contributed by atoms with Crippen LogP contribution < -0.4 is 10.6 Å². The first-order chi connectivity index (χ1) is 5.97. The first-order valence-electron chi connectivity index (χ1n) is 4.15. The Kier molecular flexibility index (Phi) is 5.06. The van der Waals surface area contributed by atoms with E-state index in [1.165, 1.54) is 6.92 Å². The lowest BCUT2D eigenvalue weighted by Gasteiger charge is -2.15. The van der Waals surface area contributed by atoms with Crippen LogP contribution in [-0.2, 0) is 9.59 Å². The lowest BCUT2D eigenvalue weighted by molar-refractivity contribution is -0.128. The number of aliphatic hydroxyl groups excluding tert-OH is 1. The molecule has 0 saturated heterocycles. The summed E-state index contributed by atoms with van der Waals surface area (Å²) in [4.78, 5) is 21.8. The van der Waals surface area contributed by atoms with Crippen molar-refractivity contribution in [2.75, 3.05) is 6.61 Å². The highest BCUT2D eigenvalue weighted by molar-refractivity contribution is 5.86. The van der Waals surface area contributed by atoms with E-state index in [-0.39, 0.29) is 24.5 Å². The van der Waals surface area contributed by atoms with Crippen molar-refractivity contribution in [2.24, 2.45) is 0 Å². The summed E-state index contributed by atoms with van der Waals surface area (Å²) in [5, 5.41) is 13.6. The van der Waals surface area contributed by atoms with Gasteiger partial charge in [-0.25, -0.2) is 0 Å². The lowest BCUT2D eigenvalue weighted by Crippen LogP contribution is -2.47. The molecule has 0 fully saturated rings. The van der Waals surface area contributed by atoms with Gasteiger partial charge in [0, 0.05) is 13.0 Å². The zero-order valence-electron chi connectivity index (χ0n) is 8.13. The monoisotopic (exact) mass is 188 g/mol. The van der Waals surface area contributed by atoms with Gasteiger partial charge in [0.15, 0.2) is 0 Å². The molecule has 0 bridgehead atoms. The fourth-order valence-electron chi connectivity index (χ4n) is 0.784. The van der Waals surface area contributed by atoms with E-state index in [1.54, 1.807) is 13.8 Å². The minimum atomic E-state index is -0.563. The highest BCUT2D eigenvalue weighted by atomic mass is 16.3. The first-order valence-corrected chi connectivity index (χ1v) is 4.15. The molecule has 13 heavy (non-hydrogen) atoms. The molecule has 1 unspecified atom stereocenters. The van der Waals surface area contributed by atoms with Crippen molar-refractivity contribution in [2.45, 2.75) is 32.9 Å². The number of amides is 2. The van der Waals surface area contributed by atoms with Crippen molar-refractivity contribution in [1.29, 1.82) is 0 Å². The molecule has 5 heteroatoms. The van der Waals surface area contributed by atoms with E-state index >= 15 is 0 Å². The molecule has 0 spiro atoms. The summed E-state index contributed by atoms with van der Waals surface area (Å²) in [5.74, 6) is -0.545. The van der Waals surface area contributed by atoms with Crippen LogP contribution in [0.5, 0.6) is 0 Å². The summed E-state index contributed by atoms with van der Waals surface area (Å²) >= 11 is 0. The minimum Gasteiger partial charge on any atom is -0.394 e. The second kappa shape index (κ2) is 5.53. The normalized spacial score (nSPS) is 14.5. The van der Waals surface area contributed by atoms with Crippen LogP contribution in [0, 0.1) is 0 Å². The number of hydrogen-bond acceptors (Lipinski definition) is 3. The summed E-state index contributed by atoms with van der Waals surface area (Å²) in [6.45, 7) is 4.50. The van der Waals surface area contributed by atoms with Crippen LogP contribution in [0.2, 0.25) is 0 Å². The molecule has 0 heterocycles. The number of carbonyl (C=O) groups is 2. The highest BCUT2D eigenvalue weighted by Crippen LogP contribution is 1.85. The average molecular weight is 188 g/mol. The standard InChI is InChI=1S/C8H16N2O3/c1-5(4-11)9-8(13)6(2)10-7(3)12/h5-6,11H,4H2,1-3H3,(H,9,13)(H,10,12)/t5-,6?/m0/s1. The molecule has 0 saturated carbocycles. The number of carbonyl (C=O) groups excluding carboxylic acids is 2. The topological polar surface area (TPSA) is 78.4 Å². The van der Waals surface area contributed by atoms with Gasteiger partial charge in [0.2, 0.25) is 11.8 Å². The van der Waals surface area contributed by atoms with Crippen molar-refractivity contribution >= 4 is 11.8 Å². The van der Waals surface area contributed by atoms with E-state index in [9.17, 15) is 9.59 Å². The molecule has 2 atom stereocenters. The van der Waals surface area contributed by atoms with Crippen LogP contribution in [0.25, 0.3) is 0 Å². The van der Waals surface area contributed by atoms with Crippen molar-refractivity contribution in [3.63, 3.8) is 0 Å². The van der Waals surface area contributed by atoms with Gasteiger partial charge < -0.3 is 15.7 Å². The maximum atomic E-state index is 11.2. The number of nitrogens with one attached hydrogen (secondary N) is 2. The molecule has 5 nitrogen and oxygen atoms in total. The SMILES string of the molecule is CC(=O)NC(C)C(=O)N[C@@H](C)CO. The molecule has 0 aliphatic carbocycles. The number of hydrogen-bond donors (Lipinski definition) is 3. The minimum absolute atomic E-state index is 0.113. The van der Waals surface area contributed by atoms with Crippen molar-refractivity contribution in [3.05, 3.63) is 0 Å². The van der Waals surface area contributed by atoms with Crippen LogP contribution in [0.3, 0.4) is 0 Å². The molecule has 0 rings (SSSR count). The Morgan fingerprint density at radius 3 is 2.23 bits per heavy atom. The van der Waals surface area contributed by atoms with Gasteiger partial charge >= 0.3 is 0 Å². The maximum absolute atomic E-state index is 11.2. The van der Waals surface area contributed by atoms with Gasteiger partial charge in [-0.15, -0.1) is 0 Å². The Morgan fingerprint density at radius 2 is 1.85 bits per heavy atom. The molecule has 0 aromatic heterocycles. The zero-order valence-corrected chi connectivity index (χ0v) is 8.13. The van der Waals surface area contributed by atoms with Gasteiger partial charge in [0.1, 0.15) is 6.04 Å². The summed E-state index contributed by atoms with van der Waals surface area (Å²) in [6.07, 6.45) is 0. The Morgan fingerprint density at radius 1 is 1.31 bits per heavy atom. The van der Waals surface area contributed by atoms with Crippen LogP contribution in [0.1, 0.15) is 20.8 Å². The largest absolute Gasteiger partial charge is 0.394 e. The molecular formula is C8H16N2O3. The quantitative estimate of drug-likeness (QED) is 0.530. The molecule has 0 aliphatic heterocycles. The van der Waals surface area contributed by atoms with Crippen LogP contribution >= 0.6 is 0 Å². The number of rotatable bonds is 4. The van der Waals surface area contributed by atoms with Crippen molar-refractivity contribution < 1.29 is 14.7 Å². The summed E-state index contributed by atoms with van der Waals surface area (Å²) in [6, 6.07) is -0.852. The van der Waals surface area contributed by atoms with Crippen molar-refractivity contribution in [3.8, 4) is 0 Å². The third-order valence-corrected chi connectivity index (χ3v) is 1.48. The summed E-state index contributed by atoms with van der Waals surface area (Å²) < 4.78 is 0. The molecule has 0 radical (unpaired) electrons. The van der Waals surface area contributed by atoms with Gasteiger partial charge in [0.25, 0.3) is 0 Å². The Labute approximate surface area is 77.5 Å². The summed E-state index contributed by atoms with van der Waals surface area (Å²) in [7, 11) is 0. The molecule has 0 aromatic carbocycles. The van der Waals surface area contributed by atoms with Gasteiger partial charge in [-0.05, 0) is 13.8 Å². The second-order valence-corrected chi connectivity index (χ2v) is 3.01. The van der Waals surface area contributed by atoms with Gasteiger partial charge in [-0.3, -0.25) is 9.59 Å². The molecule has 0 aliphatic rings. The van der Waals surface area contributed by atoms with Crippen LogP contribution in [0.15, 0.2) is 0 Å². The lowest BCUT2D eigenvalue weighted by atomic mass is 10.2. The average Bonchev–Trinajstić information content (AvgIpc) is 2.02. The Hall–Kier alpha value is -1.10. The van der Waals surface area contributed by atoms with Gasteiger partial charge in [0.05, 0.1) is 6.61 Å². The fourth-order valence-corrected chi connectivity index (χ4v) is 0.784. The van der Waals surface area contributed by atoms with Gasteiger partial charge in [-0.2, -0.15) is 0 Å². The predicted molar refractivity (Wildman–Crippen MR) is 48.0 cm³/mol. The highest BCUT2D eigenvalue weighted by Gasteiger charge is 2.14. The molecule has 3 N–H and O–H groups in total. The Bertz CT molecular complexity index is 194. The third kappa shape index (κ3) is 5.19. The smallest absolute Gasteiger partial charge is 0.242 e. The second-order valence-electron chi connectivity index (χ2n) is 3.01. The van der Waals surface area contributed by atoms with Crippen LogP contribution in [0.4, 0.5) is 0 Å². The zero-order chi connectivity index (χ0) is 10.4. The van der Waals surface area contributed by atoms with E-state index in [1.807, 2.05) is 0 Å². The maximum Gasteiger partial charge on any atom is 0.242 e. The van der Waals surface area contributed by atoms with E-state index < -0.39 is 6.04 Å². The molecule has 0 aromatic rings. The number of aliphatic hydroxyl groups is 1. The van der Waals surface area contributed by atoms with E-state index in [0.29, 0.717) is 0 Å². The fraction of sp³-hybridized carbons (Fsp3) is 0.750.